The molecule has 5 nitrogen and oxygen atoms in total. The lowest BCUT2D eigenvalue weighted by Crippen LogP contribution is -2.04. The zero-order valence-corrected chi connectivity index (χ0v) is 16.9. The SMILES string of the molecule is CN=c1ccc2c(-c3cc(Br)ccc3C(=O)O)c3ccc(NC)cc3oc-2c1. The topological polar surface area (TPSA) is 74.8 Å². The maximum atomic E-state index is 11.9. The van der Waals surface area contributed by atoms with Gasteiger partial charge in [-0.25, -0.2) is 4.79 Å². The van der Waals surface area contributed by atoms with Crippen LogP contribution in [-0.4, -0.2) is 25.2 Å². The van der Waals surface area contributed by atoms with E-state index in [-0.39, 0.29) is 5.56 Å². The van der Waals surface area contributed by atoms with Gasteiger partial charge in [0, 0.05) is 52.9 Å². The van der Waals surface area contributed by atoms with E-state index in [2.05, 4.69) is 26.2 Å². The maximum Gasteiger partial charge on any atom is 0.336 e. The first-order valence-corrected chi connectivity index (χ1v) is 9.45. The average molecular weight is 437 g/mol. The number of nitrogens with one attached hydrogen (secondary N) is 1. The van der Waals surface area contributed by atoms with Gasteiger partial charge < -0.3 is 14.8 Å². The molecule has 0 saturated carbocycles. The van der Waals surface area contributed by atoms with Crippen LogP contribution >= 0.6 is 15.9 Å². The molecule has 28 heavy (non-hydrogen) atoms. The molecule has 1 aliphatic carbocycles. The third kappa shape index (κ3) is 3.05. The van der Waals surface area contributed by atoms with E-state index in [9.17, 15) is 9.90 Å². The quantitative estimate of drug-likeness (QED) is 0.430. The van der Waals surface area contributed by atoms with Gasteiger partial charge in [-0.15, -0.1) is 0 Å². The summed E-state index contributed by atoms with van der Waals surface area (Å²) in [4.78, 5) is 16.1. The first-order chi connectivity index (χ1) is 13.5. The summed E-state index contributed by atoms with van der Waals surface area (Å²) in [6.07, 6.45) is 0. The predicted molar refractivity (Wildman–Crippen MR) is 114 cm³/mol. The number of hydrogen-bond acceptors (Lipinski definition) is 4. The van der Waals surface area contributed by atoms with Crippen LogP contribution in [0.4, 0.5) is 5.69 Å². The van der Waals surface area contributed by atoms with E-state index < -0.39 is 5.97 Å². The summed E-state index contributed by atoms with van der Waals surface area (Å²) in [5.74, 6) is -0.327. The highest BCUT2D eigenvalue weighted by Crippen LogP contribution is 2.42. The Morgan fingerprint density at radius 2 is 1.89 bits per heavy atom. The number of fused-ring (bicyclic) bond motifs is 2. The van der Waals surface area contributed by atoms with Gasteiger partial charge in [-0.3, -0.25) is 4.99 Å². The summed E-state index contributed by atoms with van der Waals surface area (Å²) < 4.78 is 6.97. The van der Waals surface area contributed by atoms with Crippen LogP contribution in [0.15, 0.2) is 68.5 Å². The van der Waals surface area contributed by atoms with E-state index in [4.69, 9.17) is 4.42 Å². The van der Waals surface area contributed by atoms with Gasteiger partial charge in [-0.1, -0.05) is 15.9 Å². The van der Waals surface area contributed by atoms with E-state index in [1.54, 1.807) is 19.2 Å². The third-order valence-corrected chi connectivity index (χ3v) is 5.23. The molecule has 0 bridgehead atoms. The number of aromatic carboxylic acids is 1. The number of carbonyl (C=O) groups is 1. The Balaban J connectivity index is 2.20. The Kier molecular flexibility index (Phi) is 4.65. The van der Waals surface area contributed by atoms with E-state index in [1.807, 2.05) is 49.5 Å². The van der Waals surface area contributed by atoms with Crippen molar-refractivity contribution in [2.24, 2.45) is 4.99 Å². The molecule has 1 heterocycles. The Morgan fingerprint density at radius 1 is 1.07 bits per heavy atom. The monoisotopic (exact) mass is 436 g/mol. The van der Waals surface area contributed by atoms with Crippen LogP contribution < -0.4 is 10.7 Å². The molecule has 0 amide bonds. The molecule has 6 heteroatoms. The minimum absolute atomic E-state index is 0.235. The second-order valence-electron chi connectivity index (χ2n) is 6.34. The number of carboxylic acids is 1. The third-order valence-electron chi connectivity index (χ3n) is 4.73. The van der Waals surface area contributed by atoms with E-state index >= 15 is 0 Å². The molecule has 0 fully saturated rings. The zero-order valence-electron chi connectivity index (χ0n) is 15.3. The van der Waals surface area contributed by atoms with Crippen LogP contribution in [0.5, 0.6) is 0 Å². The fraction of sp³-hybridized carbons (Fsp3) is 0.0909. The van der Waals surface area contributed by atoms with Gasteiger partial charge in [0.15, 0.2) is 0 Å². The molecule has 2 aromatic rings. The van der Waals surface area contributed by atoms with Crippen molar-refractivity contribution in [1.29, 1.82) is 0 Å². The Morgan fingerprint density at radius 3 is 2.61 bits per heavy atom. The number of anilines is 1. The van der Waals surface area contributed by atoms with Crippen molar-refractivity contribution >= 4 is 38.6 Å². The highest BCUT2D eigenvalue weighted by Gasteiger charge is 2.21. The van der Waals surface area contributed by atoms with Crippen molar-refractivity contribution in [2.75, 3.05) is 19.4 Å². The Labute approximate surface area is 169 Å². The van der Waals surface area contributed by atoms with Gasteiger partial charge in [0.1, 0.15) is 11.3 Å². The van der Waals surface area contributed by atoms with E-state index in [1.165, 1.54) is 0 Å². The zero-order chi connectivity index (χ0) is 19.8. The van der Waals surface area contributed by atoms with Crippen molar-refractivity contribution in [2.45, 2.75) is 0 Å². The summed E-state index contributed by atoms with van der Waals surface area (Å²) in [7, 11) is 3.56. The molecule has 1 aliphatic heterocycles. The first-order valence-electron chi connectivity index (χ1n) is 8.66. The molecule has 0 aromatic heterocycles. The van der Waals surface area contributed by atoms with Gasteiger partial charge in [0.25, 0.3) is 0 Å². The minimum atomic E-state index is -0.975. The lowest BCUT2D eigenvalue weighted by Gasteiger charge is -2.17. The molecular formula is C22H17BrN2O3. The summed E-state index contributed by atoms with van der Waals surface area (Å²) in [6.45, 7) is 0. The van der Waals surface area contributed by atoms with Crippen molar-refractivity contribution in [1.82, 2.24) is 0 Å². The maximum absolute atomic E-state index is 11.9. The second-order valence-corrected chi connectivity index (χ2v) is 7.25. The van der Waals surface area contributed by atoms with Gasteiger partial charge in [-0.05, 0) is 48.0 Å². The van der Waals surface area contributed by atoms with E-state index in [0.29, 0.717) is 16.9 Å². The van der Waals surface area contributed by atoms with E-state index in [0.717, 1.165) is 32.0 Å². The molecule has 0 unspecified atom stereocenters. The van der Waals surface area contributed by atoms with Crippen molar-refractivity contribution < 1.29 is 14.3 Å². The molecule has 4 rings (SSSR count). The summed E-state index contributed by atoms with van der Waals surface area (Å²) in [5, 5.41) is 14.5. The van der Waals surface area contributed by atoms with Gasteiger partial charge >= 0.3 is 5.97 Å². The van der Waals surface area contributed by atoms with Crippen LogP contribution in [0, 0.1) is 0 Å². The molecule has 2 N–H and O–H groups in total. The largest absolute Gasteiger partial charge is 0.478 e. The fourth-order valence-electron chi connectivity index (χ4n) is 3.37. The number of halogens is 1. The molecule has 0 radical (unpaired) electrons. The molecule has 0 spiro atoms. The van der Waals surface area contributed by atoms with Gasteiger partial charge in [0.05, 0.1) is 10.9 Å². The number of hydrogen-bond donors (Lipinski definition) is 2. The Hall–Kier alpha value is -3.12. The van der Waals surface area contributed by atoms with Gasteiger partial charge in [0.2, 0.25) is 0 Å². The predicted octanol–water partition coefficient (Wildman–Crippen LogP) is 5.24. The number of carboxylic acid groups (broad SMARTS) is 1. The van der Waals surface area contributed by atoms with Crippen molar-refractivity contribution in [3.05, 3.63) is 70.0 Å². The standard InChI is InChI=1S/C22H17BrN2O3/c1-24-13-4-7-16-19(10-13)28-20-11-14(25-2)5-8-17(20)21(16)18-9-12(23)3-6-15(18)22(26)27/h3-11,24H,1-2H3,(H,26,27). The lowest BCUT2D eigenvalue weighted by atomic mass is 9.90. The lowest BCUT2D eigenvalue weighted by molar-refractivity contribution is 0.0697. The summed E-state index contributed by atoms with van der Waals surface area (Å²) >= 11 is 3.48. The van der Waals surface area contributed by atoms with Crippen LogP contribution in [0.3, 0.4) is 0 Å². The van der Waals surface area contributed by atoms with Crippen molar-refractivity contribution in [3.63, 3.8) is 0 Å². The van der Waals surface area contributed by atoms with Gasteiger partial charge in [-0.2, -0.15) is 0 Å². The highest BCUT2D eigenvalue weighted by molar-refractivity contribution is 9.10. The van der Waals surface area contributed by atoms with Crippen LogP contribution in [0.1, 0.15) is 10.4 Å². The number of benzene rings is 3. The second kappa shape index (κ2) is 7.13. The molecular weight excluding hydrogens is 420 g/mol. The average Bonchev–Trinajstić information content (AvgIpc) is 2.70. The molecule has 140 valence electrons. The van der Waals surface area contributed by atoms with Crippen LogP contribution in [0.25, 0.3) is 33.4 Å². The van der Waals surface area contributed by atoms with Crippen LogP contribution in [-0.2, 0) is 0 Å². The molecule has 0 atom stereocenters. The highest BCUT2D eigenvalue weighted by atomic mass is 79.9. The normalized spacial score (nSPS) is 11.9. The molecule has 0 saturated heterocycles. The van der Waals surface area contributed by atoms with Crippen LogP contribution in [0.2, 0.25) is 0 Å². The number of rotatable bonds is 3. The number of nitrogens with zero attached hydrogens (tertiary/aromatic N) is 1. The first kappa shape index (κ1) is 18.3. The summed E-state index contributed by atoms with van der Waals surface area (Å²) in [6, 6.07) is 16.7. The smallest absolute Gasteiger partial charge is 0.336 e. The fourth-order valence-corrected chi connectivity index (χ4v) is 3.73. The summed E-state index contributed by atoms with van der Waals surface area (Å²) in [5.41, 5.74) is 4.09. The Bertz CT molecular complexity index is 1260. The van der Waals surface area contributed by atoms with Crippen molar-refractivity contribution in [3.8, 4) is 22.5 Å². The minimum Gasteiger partial charge on any atom is -0.478 e. The molecule has 2 aliphatic rings. The molecule has 2 aromatic carbocycles.